The zero-order valence-corrected chi connectivity index (χ0v) is 15.7. The first-order valence-electron chi connectivity index (χ1n) is 9.49. The average Bonchev–Trinajstić information content (AvgIpc) is 3.31. The Morgan fingerprint density at radius 2 is 2.07 bits per heavy atom. The minimum absolute atomic E-state index is 0.247. The topological polar surface area (TPSA) is 61.2 Å². The number of aromatic nitrogens is 3. The molecule has 2 atom stereocenters. The van der Waals surface area contributed by atoms with Crippen LogP contribution in [-0.4, -0.2) is 33.8 Å². The number of ether oxygens (including phenoxy) is 2. The van der Waals surface area contributed by atoms with Crippen molar-refractivity contribution in [2.45, 2.75) is 38.6 Å². The van der Waals surface area contributed by atoms with Crippen LogP contribution in [-0.2, 0) is 17.7 Å². The van der Waals surface area contributed by atoms with Crippen molar-refractivity contribution < 1.29 is 22.6 Å². The molecule has 0 bridgehead atoms. The van der Waals surface area contributed by atoms with Crippen LogP contribution >= 0.6 is 0 Å². The van der Waals surface area contributed by atoms with Gasteiger partial charge in [-0.05, 0) is 19.9 Å². The van der Waals surface area contributed by atoms with Crippen molar-refractivity contribution in [3.8, 4) is 5.75 Å². The molecule has 2 aromatic heterocycles. The zero-order valence-electron chi connectivity index (χ0n) is 15.7. The summed E-state index contributed by atoms with van der Waals surface area (Å²) in [7, 11) is 0. The van der Waals surface area contributed by atoms with Gasteiger partial charge in [0, 0.05) is 36.4 Å². The molecule has 152 valence electrons. The van der Waals surface area contributed by atoms with Gasteiger partial charge >= 0.3 is 0 Å². The Morgan fingerprint density at radius 3 is 2.93 bits per heavy atom. The Labute approximate surface area is 164 Å². The molecule has 0 aliphatic carbocycles. The predicted molar refractivity (Wildman–Crippen MR) is 98.0 cm³/mol. The summed E-state index contributed by atoms with van der Waals surface area (Å²) in [5, 5.41) is 3.52. The molecule has 9 heteroatoms. The van der Waals surface area contributed by atoms with Gasteiger partial charge in [-0.1, -0.05) is 0 Å². The molecule has 5 rings (SSSR count). The molecule has 2 aliphatic rings. The maximum atomic E-state index is 14.4. The van der Waals surface area contributed by atoms with E-state index in [0.29, 0.717) is 59.5 Å². The Balaban J connectivity index is 1.40. The van der Waals surface area contributed by atoms with E-state index >= 15 is 0 Å². The summed E-state index contributed by atoms with van der Waals surface area (Å²) >= 11 is 0. The van der Waals surface area contributed by atoms with Gasteiger partial charge in [-0.15, -0.1) is 0 Å². The molecule has 1 N–H and O–H groups in total. The molecular weight excluding hydrogens is 385 g/mol. The average molecular weight is 404 g/mol. The highest BCUT2D eigenvalue weighted by Gasteiger charge is 2.32. The minimum atomic E-state index is -0.915. The lowest BCUT2D eigenvalue weighted by Crippen LogP contribution is -2.27. The van der Waals surface area contributed by atoms with Crippen LogP contribution in [0.15, 0.2) is 18.6 Å². The summed E-state index contributed by atoms with van der Waals surface area (Å²) in [5.74, 6) is -1.81. The Kier molecular flexibility index (Phi) is 4.44. The maximum absolute atomic E-state index is 14.4. The van der Waals surface area contributed by atoms with Gasteiger partial charge < -0.3 is 19.4 Å². The summed E-state index contributed by atoms with van der Waals surface area (Å²) in [5.41, 5.74) is 2.01. The van der Waals surface area contributed by atoms with Crippen molar-refractivity contribution in [1.29, 1.82) is 0 Å². The third kappa shape index (κ3) is 3.05. The van der Waals surface area contributed by atoms with Crippen LogP contribution in [0.1, 0.15) is 29.5 Å². The van der Waals surface area contributed by atoms with Crippen molar-refractivity contribution in [3.05, 3.63) is 52.9 Å². The van der Waals surface area contributed by atoms with E-state index in [1.807, 2.05) is 0 Å². The first kappa shape index (κ1) is 18.4. The number of fused-ring (bicyclic) bond motifs is 2. The Bertz CT molecular complexity index is 1100. The van der Waals surface area contributed by atoms with Crippen molar-refractivity contribution in [3.63, 3.8) is 0 Å². The number of hydrogen-bond donors (Lipinski definition) is 1. The number of benzene rings is 1. The Morgan fingerprint density at radius 1 is 1.21 bits per heavy atom. The van der Waals surface area contributed by atoms with Gasteiger partial charge in [0.25, 0.3) is 0 Å². The maximum Gasteiger partial charge on any atom is 0.162 e. The molecule has 29 heavy (non-hydrogen) atoms. The summed E-state index contributed by atoms with van der Waals surface area (Å²) in [4.78, 5) is 8.22. The van der Waals surface area contributed by atoms with Crippen LogP contribution in [0.25, 0.3) is 11.0 Å². The normalized spacial score (nSPS) is 21.5. The molecule has 0 saturated carbocycles. The monoisotopic (exact) mass is 404 g/mol. The second kappa shape index (κ2) is 7.00. The lowest BCUT2D eigenvalue weighted by Gasteiger charge is -2.23. The van der Waals surface area contributed by atoms with Gasteiger partial charge in [-0.25, -0.2) is 23.1 Å². The first-order chi connectivity index (χ1) is 14.0. The molecule has 4 heterocycles. The van der Waals surface area contributed by atoms with Gasteiger partial charge in [0.1, 0.15) is 30.1 Å². The quantitative estimate of drug-likeness (QED) is 0.727. The first-order valence-corrected chi connectivity index (χ1v) is 9.49. The highest BCUT2D eigenvalue weighted by Crippen LogP contribution is 2.35. The third-order valence-electron chi connectivity index (χ3n) is 5.54. The fraction of sp³-hybridized carbons (Fsp3) is 0.400. The molecule has 0 amide bonds. The van der Waals surface area contributed by atoms with E-state index < -0.39 is 23.7 Å². The molecule has 3 aromatic rings. The number of rotatable bonds is 3. The summed E-state index contributed by atoms with van der Waals surface area (Å²) < 4.78 is 55.9. The number of halogens is 3. The van der Waals surface area contributed by atoms with Gasteiger partial charge in [-0.3, -0.25) is 0 Å². The summed E-state index contributed by atoms with van der Waals surface area (Å²) in [6.45, 7) is 2.98. The fourth-order valence-corrected chi connectivity index (χ4v) is 4.12. The van der Waals surface area contributed by atoms with Crippen molar-refractivity contribution >= 4 is 11.0 Å². The predicted octanol–water partition coefficient (Wildman–Crippen LogP) is 3.17. The lowest BCUT2D eigenvalue weighted by molar-refractivity contribution is 0.0522. The zero-order chi connectivity index (χ0) is 20.1. The third-order valence-corrected chi connectivity index (χ3v) is 5.54. The summed E-state index contributed by atoms with van der Waals surface area (Å²) in [6.07, 6.45) is 2.72. The smallest absolute Gasteiger partial charge is 0.162 e. The standard InChI is InChI=1S/C20H19F3N4O2/c1-10-18-15(22)7-27(20(18)26-9-25-10)17-4-11(8-28-17)29-16-5-14(21)19(23)12-2-3-24-6-13(12)16/h5,7,9,11,17,24H,2-4,6,8H2,1H3. The number of nitrogens with one attached hydrogen (secondary N) is 1. The Hall–Kier alpha value is -2.65. The summed E-state index contributed by atoms with van der Waals surface area (Å²) in [6, 6.07) is 1.09. The number of hydrogen-bond acceptors (Lipinski definition) is 5. The number of aryl methyl sites for hydroxylation is 1. The minimum Gasteiger partial charge on any atom is -0.487 e. The van der Waals surface area contributed by atoms with Crippen molar-refractivity contribution in [1.82, 2.24) is 19.9 Å². The molecule has 2 unspecified atom stereocenters. The van der Waals surface area contributed by atoms with Gasteiger partial charge in [-0.2, -0.15) is 0 Å². The van der Waals surface area contributed by atoms with Crippen LogP contribution in [0.2, 0.25) is 0 Å². The number of nitrogens with zero attached hydrogens (tertiary/aromatic N) is 3. The van der Waals surface area contributed by atoms with Crippen LogP contribution < -0.4 is 10.1 Å². The van der Waals surface area contributed by atoms with E-state index in [1.165, 1.54) is 12.5 Å². The fourth-order valence-electron chi connectivity index (χ4n) is 4.12. The van der Waals surface area contributed by atoms with Crippen LogP contribution in [0.5, 0.6) is 5.75 Å². The van der Waals surface area contributed by atoms with E-state index in [4.69, 9.17) is 9.47 Å². The molecule has 1 fully saturated rings. The van der Waals surface area contributed by atoms with Crippen LogP contribution in [0.3, 0.4) is 0 Å². The van der Waals surface area contributed by atoms with Gasteiger partial charge in [0.05, 0.1) is 17.7 Å². The van der Waals surface area contributed by atoms with E-state index in [-0.39, 0.29) is 12.7 Å². The lowest BCUT2D eigenvalue weighted by atomic mass is 9.99. The molecule has 2 aliphatic heterocycles. The van der Waals surface area contributed by atoms with Crippen molar-refractivity contribution in [2.75, 3.05) is 13.2 Å². The SMILES string of the molecule is Cc1ncnc2c1c(F)cn2C1CC(Oc2cc(F)c(F)c3c2CNCC3)CO1. The second-order valence-corrected chi connectivity index (χ2v) is 7.36. The van der Waals surface area contributed by atoms with E-state index in [0.717, 1.165) is 6.07 Å². The molecule has 1 saturated heterocycles. The van der Waals surface area contributed by atoms with Crippen molar-refractivity contribution in [2.24, 2.45) is 0 Å². The van der Waals surface area contributed by atoms with Crippen LogP contribution in [0.4, 0.5) is 13.2 Å². The van der Waals surface area contributed by atoms with E-state index in [2.05, 4.69) is 15.3 Å². The highest BCUT2D eigenvalue weighted by molar-refractivity contribution is 5.79. The molecule has 1 aromatic carbocycles. The van der Waals surface area contributed by atoms with E-state index in [9.17, 15) is 13.2 Å². The highest BCUT2D eigenvalue weighted by atomic mass is 19.2. The molecule has 0 spiro atoms. The van der Waals surface area contributed by atoms with E-state index in [1.54, 1.807) is 11.5 Å². The second-order valence-electron chi connectivity index (χ2n) is 7.36. The van der Waals surface area contributed by atoms with Crippen LogP contribution in [0, 0.1) is 24.4 Å². The van der Waals surface area contributed by atoms with Gasteiger partial charge in [0.15, 0.2) is 17.5 Å². The molecule has 0 radical (unpaired) electrons. The van der Waals surface area contributed by atoms with Gasteiger partial charge in [0.2, 0.25) is 0 Å². The molecule has 6 nitrogen and oxygen atoms in total. The molecular formula is C20H19F3N4O2. The largest absolute Gasteiger partial charge is 0.487 e.